The molecule has 1 fully saturated rings. The molecule has 1 aliphatic rings. The van der Waals surface area contributed by atoms with Crippen molar-refractivity contribution in [1.82, 2.24) is 19.1 Å². The molecule has 15 heavy (non-hydrogen) atoms. The Hall–Kier alpha value is -1.78. The van der Waals surface area contributed by atoms with Crippen molar-refractivity contribution < 1.29 is 0 Å². The van der Waals surface area contributed by atoms with Crippen molar-refractivity contribution in [2.45, 2.75) is 18.9 Å². The monoisotopic (exact) mass is 203 g/mol. The summed E-state index contributed by atoms with van der Waals surface area (Å²) in [4.78, 5) is 8.42. The van der Waals surface area contributed by atoms with Crippen LogP contribution in [0.5, 0.6) is 0 Å². The van der Waals surface area contributed by atoms with Gasteiger partial charge >= 0.3 is 0 Å². The van der Waals surface area contributed by atoms with Gasteiger partial charge in [0.2, 0.25) is 0 Å². The standard InChI is InChI=1S/C10H13N5/c1-14-5-12-4-8(14)9-10(11)15(6-13-9)7-2-3-7/h4-7H,2-3,11H2,1H3. The van der Waals surface area contributed by atoms with Crippen LogP contribution < -0.4 is 5.73 Å². The van der Waals surface area contributed by atoms with E-state index >= 15 is 0 Å². The molecule has 0 atom stereocenters. The van der Waals surface area contributed by atoms with Gasteiger partial charge in [-0.3, -0.25) is 0 Å². The van der Waals surface area contributed by atoms with Crippen molar-refractivity contribution in [3.63, 3.8) is 0 Å². The summed E-state index contributed by atoms with van der Waals surface area (Å²) in [6, 6.07) is 0.569. The third-order valence-corrected chi connectivity index (χ3v) is 2.83. The van der Waals surface area contributed by atoms with Crippen LogP contribution >= 0.6 is 0 Å². The number of anilines is 1. The maximum atomic E-state index is 6.06. The predicted molar refractivity (Wildman–Crippen MR) is 57.1 cm³/mol. The number of nitrogens with two attached hydrogens (primary N) is 1. The van der Waals surface area contributed by atoms with Crippen molar-refractivity contribution in [1.29, 1.82) is 0 Å². The van der Waals surface area contributed by atoms with E-state index in [2.05, 4.69) is 14.5 Å². The van der Waals surface area contributed by atoms with Gasteiger partial charge in [0.25, 0.3) is 0 Å². The Kier molecular flexibility index (Phi) is 1.62. The molecule has 0 aliphatic heterocycles. The van der Waals surface area contributed by atoms with E-state index in [9.17, 15) is 0 Å². The molecule has 1 aliphatic carbocycles. The van der Waals surface area contributed by atoms with Gasteiger partial charge in [0, 0.05) is 13.1 Å². The van der Waals surface area contributed by atoms with Gasteiger partial charge in [0.05, 0.1) is 24.5 Å². The molecule has 0 spiro atoms. The van der Waals surface area contributed by atoms with Crippen molar-refractivity contribution in [3.05, 3.63) is 18.9 Å². The maximum Gasteiger partial charge on any atom is 0.133 e. The van der Waals surface area contributed by atoms with Gasteiger partial charge in [-0.2, -0.15) is 0 Å². The smallest absolute Gasteiger partial charge is 0.133 e. The fraction of sp³-hybridized carbons (Fsp3) is 0.400. The molecular weight excluding hydrogens is 190 g/mol. The Bertz CT molecular complexity index is 492. The molecule has 0 aromatic carbocycles. The van der Waals surface area contributed by atoms with E-state index in [1.165, 1.54) is 12.8 Å². The first-order valence-corrected chi connectivity index (χ1v) is 5.06. The van der Waals surface area contributed by atoms with Gasteiger partial charge in [-0.15, -0.1) is 0 Å². The van der Waals surface area contributed by atoms with Gasteiger partial charge in [-0.25, -0.2) is 9.97 Å². The van der Waals surface area contributed by atoms with Gasteiger partial charge < -0.3 is 14.9 Å². The minimum Gasteiger partial charge on any atom is -0.383 e. The predicted octanol–water partition coefficient (Wildman–Crippen LogP) is 1.20. The maximum absolute atomic E-state index is 6.06. The fourth-order valence-electron chi connectivity index (χ4n) is 1.80. The first kappa shape index (κ1) is 8.52. The Morgan fingerprint density at radius 1 is 1.40 bits per heavy atom. The summed E-state index contributed by atoms with van der Waals surface area (Å²) in [7, 11) is 1.94. The minimum atomic E-state index is 0.569. The van der Waals surface area contributed by atoms with Gasteiger partial charge in [-0.1, -0.05) is 0 Å². The minimum absolute atomic E-state index is 0.569. The quantitative estimate of drug-likeness (QED) is 0.797. The van der Waals surface area contributed by atoms with E-state index in [0.717, 1.165) is 17.2 Å². The zero-order chi connectivity index (χ0) is 10.4. The van der Waals surface area contributed by atoms with E-state index in [-0.39, 0.29) is 0 Å². The molecule has 2 aromatic heterocycles. The molecule has 0 saturated heterocycles. The number of aryl methyl sites for hydroxylation is 1. The van der Waals surface area contributed by atoms with Crippen LogP contribution in [0.1, 0.15) is 18.9 Å². The average molecular weight is 203 g/mol. The van der Waals surface area contributed by atoms with Crippen LogP contribution in [0.15, 0.2) is 18.9 Å². The molecule has 0 unspecified atom stereocenters. The molecule has 2 N–H and O–H groups in total. The highest BCUT2D eigenvalue weighted by Gasteiger charge is 2.26. The first-order valence-electron chi connectivity index (χ1n) is 5.06. The van der Waals surface area contributed by atoms with E-state index in [0.29, 0.717) is 6.04 Å². The molecule has 3 rings (SSSR count). The Morgan fingerprint density at radius 2 is 2.20 bits per heavy atom. The van der Waals surface area contributed by atoms with E-state index in [1.54, 1.807) is 12.5 Å². The van der Waals surface area contributed by atoms with Crippen LogP contribution in [0, 0.1) is 0 Å². The van der Waals surface area contributed by atoms with Crippen LogP contribution in [0.3, 0.4) is 0 Å². The Balaban J connectivity index is 2.09. The van der Waals surface area contributed by atoms with E-state index in [4.69, 9.17) is 5.73 Å². The third kappa shape index (κ3) is 1.23. The summed E-state index contributed by atoms with van der Waals surface area (Å²) < 4.78 is 3.98. The third-order valence-electron chi connectivity index (χ3n) is 2.83. The topological polar surface area (TPSA) is 61.7 Å². The normalized spacial score (nSPS) is 15.8. The summed E-state index contributed by atoms with van der Waals surface area (Å²) in [5.41, 5.74) is 7.86. The molecule has 2 heterocycles. The number of imidazole rings is 2. The van der Waals surface area contributed by atoms with Crippen LogP contribution in [-0.2, 0) is 7.05 Å². The largest absolute Gasteiger partial charge is 0.383 e. The van der Waals surface area contributed by atoms with E-state index in [1.807, 2.05) is 17.9 Å². The Labute approximate surface area is 87.6 Å². The molecular formula is C10H13N5. The van der Waals surface area contributed by atoms with Gasteiger partial charge in [0.15, 0.2) is 0 Å². The summed E-state index contributed by atoms with van der Waals surface area (Å²) in [5, 5.41) is 0. The van der Waals surface area contributed by atoms with Crippen molar-refractivity contribution in [2.75, 3.05) is 5.73 Å². The fourth-order valence-corrected chi connectivity index (χ4v) is 1.80. The van der Waals surface area contributed by atoms with Crippen molar-refractivity contribution in [3.8, 4) is 11.4 Å². The first-order chi connectivity index (χ1) is 7.27. The second-order valence-corrected chi connectivity index (χ2v) is 4.01. The van der Waals surface area contributed by atoms with E-state index < -0.39 is 0 Å². The number of rotatable bonds is 2. The second kappa shape index (κ2) is 2.85. The number of nitrogen functional groups attached to an aromatic ring is 1. The summed E-state index contributed by atoms with van der Waals surface area (Å²) in [6.07, 6.45) is 7.80. The van der Waals surface area contributed by atoms with Crippen molar-refractivity contribution in [2.24, 2.45) is 7.05 Å². The highest BCUT2D eigenvalue weighted by atomic mass is 15.2. The van der Waals surface area contributed by atoms with Crippen LogP contribution in [0.4, 0.5) is 5.82 Å². The zero-order valence-electron chi connectivity index (χ0n) is 8.59. The Morgan fingerprint density at radius 3 is 2.80 bits per heavy atom. The number of aromatic nitrogens is 4. The summed E-state index contributed by atoms with van der Waals surface area (Å²) in [6.45, 7) is 0. The SMILES string of the molecule is Cn1cncc1-c1ncn(C2CC2)c1N. The number of hydrogen-bond donors (Lipinski definition) is 1. The number of hydrogen-bond acceptors (Lipinski definition) is 3. The zero-order valence-corrected chi connectivity index (χ0v) is 8.59. The van der Waals surface area contributed by atoms with Crippen molar-refractivity contribution >= 4 is 5.82 Å². The van der Waals surface area contributed by atoms with Gasteiger partial charge in [0.1, 0.15) is 11.5 Å². The molecule has 0 amide bonds. The molecule has 5 heteroatoms. The molecule has 5 nitrogen and oxygen atoms in total. The lowest BCUT2D eigenvalue weighted by Gasteiger charge is -2.03. The highest BCUT2D eigenvalue weighted by Crippen LogP contribution is 2.38. The van der Waals surface area contributed by atoms with Crippen LogP contribution in [0.25, 0.3) is 11.4 Å². The lowest BCUT2D eigenvalue weighted by molar-refractivity contribution is 0.751. The highest BCUT2D eigenvalue weighted by molar-refractivity contribution is 5.67. The lowest BCUT2D eigenvalue weighted by atomic mass is 10.3. The molecule has 78 valence electrons. The van der Waals surface area contributed by atoms with Gasteiger partial charge in [-0.05, 0) is 12.8 Å². The number of nitrogens with zero attached hydrogens (tertiary/aromatic N) is 4. The molecule has 1 saturated carbocycles. The molecule has 0 bridgehead atoms. The molecule has 2 aromatic rings. The summed E-state index contributed by atoms with van der Waals surface area (Å²) in [5.74, 6) is 0.751. The van der Waals surface area contributed by atoms with Crippen LogP contribution in [-0.4, -0.2) is 19.1 Å². The second-order valence-electron chi connectivity index (χ2n) is 4.01. The van der Waals surface area contributed by atoms with Crippen LogP contribution in [0.2, 0.25) is 0 Å². The summed E-state index contributed by atoms with van der Waals surface area (Å²) >= 11 is 0. The average Bonchev–Trinajstić information content (AvgIpc) is 2.87. The molecule has 0 radical (unpaired) electrons. The lowest BCUT2D eigenvalue weighted by Crippen LogP contribution is -2.00.